The minimum atomic E-state index is -1.08. The maximum absolute atomic E-state index is 11.1. The summed E-state index contributed by atoms with van der Waals surface area (Å²) in [7, 11) is 1.69. The second kappa shape index (κ2) is 10.9. The fraction of sp³-hybridized carbons (Fsp3) is 0.290. The van der Waals surface area contributed by atoms with Crippen LogP contribution in [0.5, 0.6) is 5.75 Å². The minimum absolute atomic E-state index is 0.178. The first-order valence-electron chi connectivity index (χ1n) is 12.5. The van der Waals surface area contributed by atoms with Crippen LogP contribution in [0.3, 0.4) is 0 Å². The maximum Gasteiger partial charge on any atom is 0.409 e. The quantitative estimate of drug-likeness (QED) is 0.260. The van der Waals surface area contributed by atoms with Gasteiger partial charge >= 0.3 is 6.09 Å². The first-order valence-corrected chi connectivity index (χ1v) is 12.5. The van der Waals surface area contributed by atoms with E-state index in [-0.39, 0.29) is 5.41 Å². The standard InChI is InChI=1S/C31H35N3O3/c1-21-18-24(10-13-28(21)37-5)23-8-6-22(7-9-23)20-34(17-15-31(2,3)4)29-27-12-11-26(33-30(35)36)19-25(27)14-16-32-29/h6-14,16,18-19,33H,15,17,20H2,1-5H3,(H,35,36). The van der Waals surface area contributed by atoms with E-state index < -0.39 is 6.09 Å². The van der Waals surface area contributed by atoms with Crippen LogP contribution in [0.25, 0.3) is 21.9 Å². The van der Waals surface area contributed by atoms with E-state index in [4.69, 9.17) is 14.8 Å². The van der Waals surface area contributed by atoms with Crippen molar-refractivity contribution in [1.29, 1.82) is 0 Å². The number of methoxy groups -OCH3 is 1. The Kier molecular flexibility index (Phi) is 7.67. The zero-order valence-corrected chi connectivity index (χ0v) is 22.2. The molecular formula is C31H35N3O3. The molecule has 192 valence electrons. The Labute approximate surface area is 218 Å². The summed E-state index contributed by atoms with van der Waals surface area (Å²) in [6.07, 6.45) is 1.72. The van der Waals surface area contributed by atoms with Gasteiger partial charge in [0.05, 0.1) is 7.11 Å². The van der Waals surface area contributed by atoms with Crippen LogP contribution < -0.4 is 15.0 Å². The number of rotatable bonds is 8. The van der Waals surface area contributed by atoms with E-state index in [1.54, 1.807) is 19.4 Å². The van der Waals surface area contributed by atoms with E-state index in [9.17, 15) is 4.79 Å². The average molecular weight is 498 g/mol. The van der Waals surface area contributed by atoms with Gasteiger partial charge < -0.3 is 14.7 Å². The molecule has 0 unspecified atom stereocenters. The molecule has 0 aliphatic heterocycles. The number of pyridine rings is 1. The number of ether oxygens (including phenoxy) is 1. The predicted molar refractivity (Wildman–Crippen MR) is 152 cm³/mol. The molecule has 0 aliphatic carbocycles. The molecule has 0 spiro atoms. The number of carboxylic acid groups (broad SMARTS) is 1. The van der Waals surface area contributed by atoms with E-state index >= 15 is 0 Å². The highest BCUT2D eigenvalue weighted by Crippen LogP contribution is 2.31. The van der Waals surface area contributed by atoms with Gasteiger partial charge in [0.2, 0.25) is 0 Å². The molecule has 6 heteroatoms. The van der Waals surface area contributed by atoms with Gasteiger partial charge in [-0.3, -0.25) is 5.32 Å². The number of hydrogen-bond acceptors (Lipinski definition) is 4. The van der Waals surface area contributed by atoms with E-state index in [1.165, 1.54) is 5.56 Å². The largest absolute Gasteiger partial charge is 0.496 e. The zero-order valence-electron chi connectivity index (χ0n) is 22.2. The highest BCUT2D eigenvalue weighted by atomic mass is 16.5. The first-order chi connectivity index (χ1) is 17.6. The molecule has 0 bridgehead atoms. The van der Waals surface area contributed by atoms with Crippen LogP contribution in [-0.4, -0.2) is 29.8 Å². The third-order valence-electron chi connectivity index (χ3n) is 6.48. The normalized spacial score (nSPS) is 11.4. The fourth-order valence-electron chi connectivity index (χ4n) is 4.43. The molecule has 0 saturated carbocycles. The second-order valence-corrected chi connectivity index (χ2v) is 10.6. The molecule has 1 aromatic heterocycles. The summed E-state index contributed by atoms with van der Waals surface area (Å²) in [6.45, 7) is 10.4. The second-order valence-electron chi connectivity index (χ2n) is 10.6. The minimum Gasteiger partial charge on any atom is -0.496 e. The van der Waals surface area contributed by atoms with Crippen LogP contribution in [0.15, 0.2) is 72.9 Å². The fourth-order valence-corrected chi connectivity index (χ4v) is 4.43. The van der Waals surface area contributed by atoms with Crippen molar-refractivity contribution in [3.05, 3.63) is 84.1 Å². The topological polar surface area (TPSA) is 74.7 Å². The number of nitrogens with one attached hydrogen (secondary N) is 1. The van der Waals surface area contributed by atoms with Gasteiger partial charge in [-0.25, -0.2) is 9.78 Å². The lowest BCUT2D eigenvalue weighted by molar-refractivity contribution is 0.210. The van der Waals surface area contributed by atoms with E-state index in [0.717, 1.165) is 58.5 Å². The summed E-state index contributed by atoms with van der Waals surface area (Å²) >= 11 is 0. The van der Waals surface area contributed by atoms with Gasteiger partial charge in [0.15, 0.2) is 0 Å². The lowest BCUT2D eigenvalue weighted by Gasteiger charge is -2.29. The Morgan fingerprint density at radius 1 is 1.00 bits per heavy atom. The van der Waals surface area contributed by atoms with Crippen LogP contribution in [0, 0.1) is 12.3 Å². The molecule has 4 rings (SSSR count). The number of anilines is 2. The third-order valence-corrected chi connectivity index (χ3v) is 6.48. The molecule has 0 saturated heterocycles. The Balaban J connectivity index is 1.63. The number of hydrogen-bond donors (Lipinski definition) is 2. The zero-order chi connectivity index (χ0) is 26.6. The molecule has 4 aromatic rings. The van der Waals surface area contributed by atoms with Gasteiger partial charge in [-0.1, -0.05) is 51.1 Å². The lowest BCUT2D eigenvalue weighted by atomic mass is 9.92. The highest BCUT2D eigenvalue weighted by Gasteiger charge is 2.18. The van der Waals surface area contributed by atoms with Crippen molar-refractivity contribution in [2.45, 2.75) is 40.7 Å². The molecule has 37 heavy (non-hydrogen) atoms. The number of nitrogens with zero attached hydrogens (tertiary/aromatic N) is 2. The molecule has 1 amide bonds. The van der Waals surface area contributed by atoms with Crippen LogP contribution in [0.2, 0.25) is 0 Å². The molecule has 0 aliphatic rings. The van der Waals surface area contributed by atoms with Crippen LogP contribution >= 0.6 is 0 Å². The molecule has 1 heterocycles. The van der Waals surface area contributed by atoms with Gasteiger partial charge in [0, 0.05) is 30.4 Å². The Morgan fingerprint density at radius 3 is 2.38 bits per heavy atom. The number of fused-ring (bicyclic) bond motifs is 1. The monoisotopic (exact) mass is 497 g/mol. The summed E-state index contributed by atoms with van der Waals surface area (Å²) in [5.74, 6) is 1.79. The Hall–Kier alpha value is -4.06. The molecule has 2 N–H and O–H groups in total. The van der Waals surface area contributed by atoms with Gasteiger partial charge in [-0.2, -0.15) is 0 Å². The lowest BCUT2D eigenvalue weighted by Crippen LogP contribution is -2.28. The van der Waals surface area contributed by atoms with E-state index in [0.29, 0.717) is 5.69 Å². The number of aromatic nitrogens is 1. The van der Waals surface area contributed by atoms with Crippen molar-refractivity contribution < 1.29 is 14.6 Å². The molecule has 0 atom stereocenters. The number of amides is 1. The number of carbonyl (C=O) groups is 1. The smallest absolute Gasteiger partial charge is 0.409 e. The highest BCUT2D eigenvalue weighted by molar-refractivity contribution is 5.96. The van der Waals surface area contributed by atoms with Crippen molar-refractivity contribution in [2.24, 2.45) is 5.41 Å². The van der Waals surface area contributed by atoms with Crippen LogP contribution in [0.4, 0.5) is 16.3 Å². The van der Waals surface area contributed by atoms with Gasteiger partial charge in [-0.15, -0.1) is 0 Å². The van der Waals surface area contributed by atoms with E-state index in [2.05, 4.69) is 74.3 Å². The molecular weight excluding hydrogens is 462 g/mol. The third kappa shape index (κ3) is 6.58. The molecule has 3 aromatic carbocycles. The SMILES string of the molecule is COc1ccc(-c2ccc(CN(CCC(C)(C)C)c3nccc4cc(NC(=O)O)ccc34)cc2)cc1C. The van der Waals surface area contributed by atoms with Crippen molar-refractivity contribution in [2.75, 3.05) is 23.9 Å². The Morgan fingerprint density at radius 2 is 1.73 bits per heavy atom. The van der Waals surface area contributed by atoms with Crippen molar-refractivity contribution in [3.8, 4) is 16.9 Å². The van der Waals surface area contributed by atoms with Gasteiger partial charge in [-0.05, 0) is 82.8 Å². The molecule has 0 radical (unpaired) electrons. The average Bonchev–Trinajstić information content (AvgIpc) is 2.85. The predicted octanol–water partition coefficient (Wildman–Crippen LogP) is 7.75. The van der Waals surface area contributed by atoms with Crippen molar-refractivity contribution in [1.82, 2.24) is 4.98 Å². The Bertz CT molecular complexity index is 1390. The maximum atomic E-state index is 11.1. The van der Waals surface area contributed by atoms with Crippen molar-refractivity contribution >= 4 is 28.4 Å². The van der Waals surface area contributed by atoms with Crippen molar-refractivity contribution in [3.63, 3.8) is 0 Å². The van der Waals surface area contributed by atoms with Crippen LogP contribution in [-0.2, 0) is 6.54 Å². The van der Waals surface area contributed by atoms with E-state index in [1.807, 2.05) is 24.3 Å². The van der Waals surface area contributed by atoms with Gasteiger partial charge in [0.25, 0.3) is 0 Å². The number of aryl methyl sites for hydroxylation is 1. The summed E-state index contributed by atoms with van der Waals surface area (Å²) in [4.78, 5) is 18.2. The van der Waals surface area contributed by atoms with Crippen LogP contribution in [0.1, 0.15) is 38.3 Å². The summed E-state index contributed by atoms with van der Waals surface area (Å²) in [6, 6.07) is 22.4. The summed E-state index contributed by atoms with van der Waals surface area (Å²) < 4.78 is 5.40. The molecule has 6 nitrogen and oxygen atoms in total. The molecule has 0 fully saturated rings. The van der Waals surface area contributed by atoms with Gasteiger partial charge in [0.1, 0.15) is 11.6 Å². The summed E-state index contributed by atoms with van der Waals surface area (Å²) in [5.41, 5.74) is 5.36. The first kappa shape index (κ1) is 26.0. The number of benzene rings is 3. The summed E-state index contributed by atoms with van der Waals surface area (Å²) in [5, 5.41) is 13.5.